The molecule has 106 valence electrons. The first kappa shape index (κ1) is 14.3. The van der Waals surface area contributed by atoms with Crippen LogP contribution in [0.1, 0.15) is 51.9 Å². The van der Waals surface area contributed by atoms with Gasteiger partial charge in [-0.2, -0.15) is 0 Å². The zero-order chi connectivity index (χ0) is 12.8. The van der Waals surface area contributed by atoms with Gasteiger partial charge in [-0.05, 0) is 44.6 Å². The van der Waals surface area contributed by atoms with Crippen LogP contribution in [-0.4, -0.2) is 48.3 Å². The van der Waals surface area contributed by atoms with Gasteiger partial charge in [0.1, 0.15) is 0 Å². The number of aliphatic hydroxyl groups is 1. The van der Waals surface area contributed by atoms with Gasteiger partial charge in [0, 0.05) is 31.8 Å². The third kappa shape index (κ3) is 4.22. The molecular weight excluding hydrogens is 224 g/mol. The van der Waals surface area contributed by atoms with Crippen LogP contribution in [0.3, 0.4) is 0 Å². The monoisotopic (exact) mass is 254 g/mol. The van der Waals surface area contributed by atoms with Crippen LogP contribution < -0.4 is 5.32 Å². The van der Waals surface area contributed by atoms with Crippen molar-refractivity contribution in [2.45, 2.75) is 64.0 Å². The molecular formula is C15H30N2O. The number of likely N-dealkylation sites (N-methyl/N-ethyl adjacent to an activating group) is 1. The largest absolute Gasteiger partial charge is 0.396 e. The maximum atomic E-state index is 8.99. The van der Waals surface area contributed by atoms with E-state index < -0.39 is 0 Å². The molecule has 0 aromatic rings. The summed E-state index contributed by atoms with van der Waals surface area (Å²) < 4.78 is 0. The lowest BCUT2D eigenvalue weighted by Crippen LogP contribution is -2.51. The summed E-state index contributed by atoms with van der Waals surface area (Å²) in [6.07, 6.45) is 9.06. The number of likely N-dealkylation sites (tertiary alicyclic amines) is 1. The van der Waals surface area contributed by atoms with Crippen molar-refractivity contribution in [3.63, 3.8) is 0 Å². The molecule has 1 heterocycles. The summed E-state index contributed by atoms with van der Waals surface area (Å²) >= 11 is 0. The number of aliphatic hydroxyl groups excluding tert-OH is 1. The molecule has 1 saturated carbocycles. The van der Waals surface area contributed by atoms with E-state index in [4.69, 9.17) is 5.11 Å². The van der Waals surface area contributed by atoms with E-state index in [-0.39, 0.29) is 0 Å². The van der Waals surface area contributed by atoms with E-state index in [0.717, 1.165) is 18.4 Å². The Morgan fingerprint density at radius 3 is 2.61 bits per heavy atom. The molecule has 0 aromatic carbocycles. The third-order valence-electron chi connectivity index (χ3n) is 4.66. The first-order chi connectivity index (χ1) is 8.81. The van der Waals surface area contributed by atoms with Crippen molar-refractivity contribution in [3.05, 3.63) is 0 Å². The highest BCUT2D eigenvalue weighted by molar-refractivity contribution is 4.86. The maximum absolute atomic E-state index is 8.99. The van der Waals surface area contributed by atoms with Crippen molar-refractivity contribution in [1.29, 1.82) is 0 Å². The van der Waals surface area contributed by atoms with Crippen LogP contribution in [-0.2, 0) is 0 Å². The second-order valence-electron chi connectivity index (χ2n) is 6.16. The zero-order valence-electron chi connectivity index (χ0n) is 11.9. The predicted octanol–water partition coefficient (Wildman–Crippen LogP) is 2.00. The van der Waals surface area contributed by atoms with Gasteiger partial charge in [0.2, 0.25) is 0 Å². The molecule has 2 rings (SSSR count). The molecule has 2 unspecified atom stereocenters. The van der Waals surface area contributed by atoms with Crippen LogP contribution in [0.4, 0.5) is 0 Å². The van der Waals surface area contributed by atoms with Crippen LogP contribution >= 0.6 is 0 Å². The molecule has 3 heteroatoms. The number of nitrogens with one attached hydrogen (secondary N) is 1. The Bertz CT molecular complexity index is 229. The summed E-state index contributed by atoms with van der Waals surface area (Å²) in [5.74, 6) is 0.782. The molecule has 1 saturated heterocycles. The van der Waals surface area contributed by atoms with E-state index in [9.17, 15) is 0 Å². The first-order valence-corrected chi connectivity index (χ1v) is 7.91. The van der Waals surface area contributed by atoms with Gasteiger partial charge >= 0.3 is 0 Å². The summed E-state index contributed by atoms with van der Waals surface area (Å²) in [5, 5.41) is 12.9. The van der Waals surface area contributed by atoms with Crippen molar-refractivity contribution < 1.29 is 5.11 Å². The quantitative estimate of drug-likeness (QED) is 0.761. The fourth-order valence-electron chi connectivity index (χ4n) is 3.70. The average molecular weight is 254 g/mol. The maximum Gasteiger partial charge on any atom is 0.0431 e. The van der Waals surface area contributed by atoms with Crippen LogP contribution in [0, 0.1) is 5.92 Å². The van der Waals surface area contributed by atoms with E-state index >= 15 is 0 Å². The van der Waals surface area contributed by atoms with Crippen molar-refractivity contribution in [3.8, 4) is 0 Å². The Morgan fingerprint density at radius 2 is 1.94 bits per heavy atom. The molecule has 0 bridgehead atoms. The fourth-order valence-corrected chi connectivity index (χ4v) is 3.70. The van der Waals surface area contributed by atoms with E-state index in [1.54, 1.807) is 0 Å². The molecule has 2 atom stereocenters. The Kier molecular flexibility index (Phi) is 5.93. The number of rotatable bonds is 6. The normalized spacial score (nSPS) is 31.0. The second-order valence-corrected chi connectivity index (χ2v) is 6.16. The average Bonchev–Trinajstić information content (AvgIpc) is 2.89. The Balaban J connectivity index is 1.80. The molecule has 18 heavy (non-hydrogen) atoms. The van der Waals surface area contributed by atoms with E-state index in [1.165, 1.54) is 58.2 Å². The Labute approximate surface area is 112 Å². The molecule has 1 aliphatic heterocycles. The summed E-state index contributed by atoms with van der Waals surface area (Å²) in [6.45, 7) is 6.24. The van der Waals surface area contributed by atoms with Gasteiger partial charge in [-0.1, -0.05) is 19.8 Å². The highest BCUT2D eigenvalue weighted by Gasteiger charge is 2.28. The van der Waals surface area contributed by atoms with E-state index in [1.807, 2.05) is 0 Å². The van der Waals surface area contributed by atoms with Crippen LogP contribution in [0.15, 0.2) is 0 Å². The van der Waals surface area contributed by atoms with Gasteiger partial charge < -0.3 is 15.3 Å². The minimum atomic E-state index is 0.351. The molecule has 2 fully saturated rings. The lowest BCUT2D eigenvalue weighted by molar-refractivity contribution is 0.129. The molecule has 2 N–H and O–H groups in total. The van der Waals surface area contributed by atoms with Gasteiger partial charge in [0.25, 0.3) is 0 Å². The van der Waals surface area contributed by atoms with Crippen LogP contribution in [0.5, 0.6) is 0 Å². The van der Waals surface area contributed by atoms with E-state index in [0.29, 0.717) is 12.6 Å². The SMILES string of the molecule is CCN1CC(CCCO)CC(NC2CCCC2)C1. The van der Waals surface area contributed by atoms with Crippen molar-refractivity contribution in [1.82, 2.24) is 10.2 Å². The summed E-state index contributed by atoms with van der Waals surface area (Å²) in [5.41, 5.74) is 0. The lowest BCUT2D eigenvalue weighted by atomic mass is 9.90. The van der Waals surface area contributed by atoms with Crippen LogP contribution in [0.25, 0.3) is 0 Å². The van der Waals surface area contributed by atoms with Crippen molar-refractivity contribution >= 4 is 0 Å². The van der Waals surface area contributed by atoms with Gasteiger partial charge in [0.05, 0.1) is 0 Å². The van der Waals surface area contributed by atoms with Gasteiger partial charge in [0.15, 0.2) is 0 Å². The van der Waals surface area contributed by atoms with Crippen LogP contribution in [0.2, 0.25) is 0 Å². The van der Waals surface area contributed by atoms with Crippen molar-refractivity contribution in [2.24, 2.45) is 5.92 Å². The molecule has 0 radical (unpaired) electrons. The molecule has 1 aliphatic carbocycles. The number of piperidine rings is 1. The Hall–Kier alpha value is -0.120. The molecule has 0 aromatic heterocycles. The minimum Gasteiger partial charge on any atom is -0.396 e. The van der Waals surface area contributed by atoms with E-state index in [2.05, 4.69) is 17.1 Å². The van der Waals surface area contributed by atoms with Crippen molar-refractivity contribution in [2.75, 3.05) is 26.2 Å². The molecule has 3 nitrogen and oxygen atoms in total. The standard InChI is InChI=1S/C15H30N2O/c1-2-17-11-13(6-5-9-18)10-15(12-17)16-14-7-3-4-8-14/h13-16,18H,2-12H2,1H3. The lowest BCUT2D eigenvalue weighted by Gasteiger charge is -2.39. The predicted molar refractivity (Wildman–Crippen MR) is 75.7 cm³/mol. The topological polar surface area (TPSA) is 35.5 Å². The fraction of sp³-hybridized carbons (Fsp3) is 1.00. The summed E-state index contributed by atoms with van der Waals surface area (Å²) in [4.78, 5) is 2.58. The second kappa shape index (κ2) is 7.46. The third-order valence-corrected chi connectivity index (χ3v) is 4.66. The van der Waals surface area contributed by atoms with Gasteiger partial charge in [-0.3, -0.25) is 0 Å². The zero-order valence-corrected chi connectivity index (χ0v) is 11.9. The highest BCUT2D eigenvalue weighted by atomic mass is 16.2. The molecule has 2 aliphatic rings. The molecule has 0 spiro atoms. The van der Waals surface area contributed by atoms with Gasteiger partial charge in [-0.25, -0.2) is 0 Å². The Morgan fingerprint density at radius 1 is 1.17 bits per heavy atom. The number of hydrogen-bond acceptors (Lipinski definition) is 3. The highest BCUT2D eigenvalue weighted by Crippen LogP contribution is 2.24. The molecule has 0 amide bonds. The summed E-state index contributed by atoms with van der Waals surface area (Å²) in [6, 6.07) is 1.47. The summed E-state index contributed by atoms with van der Waals surface area (Å²) in [7, 11) is 0. The smallest absolute Gasteiger partial charge is 0.0431 e. The van der Waals surface area contributed by atoms with Gasteiger partial charge in [-0.15, -0.1) is 0 Å². The minimum absolute atomic E-state index is 0.351. The number of hydrogen-bond donors (Lipinski definition) is 2. The first-order valence-electron chi connectivity index (χ1n) is 7.91. The number of nitrogens with zero attached hydrogens (tertiary/aromatic N) is 1.